The highest BCUT2D eigenvalue weighted by atomic mass is 32.2. The Morgan fingerprint density at radius 1 is 1.41 bits per heavy atom. The lowest BCUT2D eigenvalue weighted by Gasteiger charge is -2.31. The van der Waals surface area contributed by atoms with Crippen molar-refractivity contribution in [1.29, 1.82) is 0 Å². The van der Waals surface area contributed by atoms with Gasteiger partial charge in [0, 0.05) is 11.7 Å². The Labute approximate surface area is 107 Å². The molecule has 1 amide bonds. The molecule has 3 atom stereocenters. The molecule has 1 saturated heterocycles. The van der Waals surface area contributed by atoms with Crippen LogP contribution < -0.4 is 0 Å². The monoisotopic (exact) mass is 259 g/mol. The van der Waals surface area contributed by atoms with E-state index >= 15 is 0 Å². The molecule has 5 heteroatoms. The summed E-state index contributed by atoms with van der Waals surface area (Å²) >= 11 is 1.58. The van der Waals surface area contributed by atoms with Gasteiger partial charge in [0.1, 0.15) is 6.04 Å². The number of hydrogen-bond acceptors (Lipinski definition) is 3. The van der Waals surface area contributed by atoms with Gasteiger partial charge >= 0.3 is 5.97 Å². The Morgan fingerprint density at radius 3 is 2.41 bits per heavy atom. The van der Waals surface area contributed by atoms with Crippen LogP contribution in [0.1, 0.15) is 34.1 Å². The van der Waals surface area contributed by atoms with Crippen molar-refractivity contribution < 1.29 is 14.7 Å². The molecule has 0 aromatic heterocycles. The van der Waals surface area contributed by atoms with Gasteiger partial charge in [0.05, 0.1) is 5.37 Å². The van der Waals surface area contributed by atoms with Gasteiger partial charge in [-0.1, -0.05) is 27.7 Å². The number of nitrogens with zero attached hydrogens (tertiary/aromatic N) is 1. The van der Waals surface area contributed by atoms with Gasteiger partial charge in [0.15, 0.2) is 0 Å². The maximum atomic E-state index is 12.3. The molecule has 0 radical (unpaired) electrons. The van der Waals surface area contributed by atoms with E-state index in [1.54, 1.807) is 16.7 Å². The van der Waals surface area contributed by atoms with E-state index in [-0.39, 0.29) is 23.1 Å². The molecule has 98 valence electrons. The first-order valence-electron chi connectivity index (χ1n) is 6.06. The summed E-state index contributed by atoms with van der Waals surface area (Å²) in [4.78, 5) is 25.0. The molecule has 1 aliphatic rings. The summed E-state index contributed by atoms with van der Waals surface area (Å²) in [5.41, 5.74) is 0. The molecule has 17 heavy (non-hydrogen) atoms. The van der Waals surface area contributed by atoms with Crippen molar-refractivity contribution >= 4 is 23.6 Å². The van der Waals surface area contributed by atoms with E-state index in [0.717, 1.165) is 6.42 Å². The zero-order valence-electron chi connectivity index (χ0n) is 10.8. The van der Waals surface area contributed by atoms with E-state index in [9.17, 15) is 14.7 Å². The summed E-state index contributed by atoms with van der Waals surface area (Å²) in [6, 6.07) is -0.658. The molecule has 0 aromatic rings. The Balaban J connectivity index is 2.93. The van der Waals surface area contributed by atoms with E-state index in [4.69, 9.17) is 0 Å². The van der Waals surface area contributed by atoms with Crippen molar-refractivity contribution in [1.82, 2.24) is 4.90 Å². The minimum atomic E-state index is -0.891. The standard InChI is InChI=1S/C12H21NO3S/c1-5-8(4)10(14)13-9(12(15)16)6-17-11(13)7(2)3/h7-9,11H,5-6H2,1-4H3,(H,15,16). The van der Waals surface area contributed by atoms with Gasteiger partial charge in [0.25, 0.3) is 0 Å². The summed E-state index contributed by atoms with van der Waals surface area (Å²) in [6.45, 7) is 7.87. The summed E-state index contributed by atoms with van der Waals surface area (Å²) in [6.07, 6.45) is 0.747. The number of thioether (sulfide) groups is 1. The predicted octanol–water partition coefficient (Wildman–Crippen LogP) is 2.04. The number of carbonyl (C=O) groups excluding carboxylic acids is 1. The second-order valence-electron chi connectivity index (χ2n) is 4.88. The highest BCUT2D eigenvalue weighted by molar-refractivity contribution is 8.00. The van der Waals surface area contributed by atoms with Crippen LogP contribution in [0, 0.1) is 11.8 Å². The van der Waals surface area contributed by atoms with Crippen molar-refractivity contribution in [2.45, 2.75) is 45.5 Å². The van der Waals surface area contributed by atoms with Crippen LogP contribution in [0.4, 0.5) is 0 Å². The largest absolute Gasteiger partial charge is 0.480 e. The summed E-state index contributed by atoms with van der Waals surface area (Å²) in [5.74, 6) is -0.240. The van der Waals surface area contributed by atoms with Crippen LogP contribution in [0.15, 0.2) is 0 Å². The van der Waals surface area contributed by atoms with Crippen LogP contribution in [-0.2, 0) is 9.59 Å². The second kappa shape index (κ2) is 5.76. The molecule has 4 nitrogen and oxygen atoms in total. The number of hydrogen-bond donors (Lipinski definition) is 1. The maximum absolute atomic E-state index is 12.3. The highest BCUT2D eigenvalue weighted by Gasteiger charge is 2.43. The maximum Gasteiger partial charge on any atom is 0.327 e. The Hall–Kier alpha value is -0.710. The van der Waals surface area contributed by atoms with Gasteiger partial charge in [-0.2, -0.15) is 0 Å². The van der Waals surface area contributed by atoms with Crippen molar-refractivity contribution in [2.75, 3.05) is 5.75 Å². The number of amides is 1. The minimum Gasteiger partial charge on any atom is -0.480 e. The fourth-order valence-electron chi connectivity index (χ4n) is 1.94. The molecule has 1 aliphatic heterocycles. The second-order valence-corrected chi connectivity index (χ2v) is 6.03. The summed E-state index contributed by atoms with van der Waals surface area (Å²) in [5, 5.41) is 9.18. The van der Waals surface area contributed by atoms with Crippen molar-refractivity contribution in [3.05, 3.63) is 0 Å². The molecule has 1 fully saturated rings. The van der Waals surface area contributed by atoms with E-state index in [1.165, 1.54) is 0 Å². The third kappa shape index (κ3) is 2.94. The van der Waals surface area contributed by atoms with Crippen LogP contribution in [0.25, 0.3) is 0 Å². The van der Waals surface area contributed by atoms with Gasteiger partial charge in [-0.3, -0.25) is 4.79 Å². The molecule has 1 heterocycles. The smallest absolute Gasteiger partial charge is 0.327 e. The van der Waals surface area contributed by atoms with Crippen LogP contribution in [-0.4, -0.2) is 39.1 Å². The topological polar surface area (TPSA) is 57.6 Å². The minimum absolute atomic E-state index is 0.00222. The Kier molecular flexibility index (Phi) is 4.86. The molecule has 0 saturated carbocycles. The Morgan fingerprint density at radius 2 is 2.00 bits per heavy atom. The molecule has 3 unspecified atom stereocenters. The van der Waals surface area contributed by atoms with Gasteiger partial charge in [-0.05, 0) is 12.3 Å². The van der Waals surface area contributed by atoms with Gasteiger partial charge in [-0.15, -0.1) is 11.8 Å². The quantitative estimate of drug-likeness (QED) is 0.839. The van der Waals surface area contributed by atoms with E-state index in [0.29, 0.717) is 5.75 Å². The zero-order valence-corrected chi connectivity index (χ0v) is 11.7. The van der Waals surface area contributed by atoms with E-state index in [2.05, 4.69) is 0 Å². The number of carboxylic acids is 1. The molecule has 0 aromatic carbocycles. The lowest BCUT2D eigenvalue weighted by atomic mass is 10.0. The fourth-order valence-corrected chi connectivity index (χ4v) is 3.42. The number of carbonyl (C=O) groups is 2. The Bertz CT molecular complexity index is 306. The average Bonchev–Trinajstić information content (AvgIpc) is 2.71. The molecular weight excluding hydrogens is 238 g/mol. The predicted molar refractivity (Wildman–Crippen MR) is 68.8 cm³/mol. The molecule has 1 rings (SSSR count). The van der Waals surface area contributed by atoms with E-state index in [1.807, 2.05) is 27.7 Å². The van der Waals surface area contributed by atoms with Crippen LogP contribution >= 0.6 is 11.8 Å². The first-order chi connectivity index (χ1) is 7.90. The lowest BCUT2D eigenvalue weighted by Crippen LogP contribution is -2.49. The van der Waals surface area contributed by atoms with Crippen LogP contribution in [0.2, 0.25) is 0 Å². The molecule has 0 aliphatic carbocycles. The normalized spacial score (nSPS) is 26.3. The number of carboxylic acid groups (broad SMARTS) is 1. The summed E-state index contributed by atoms with van der Waals surface area (Å²) in [7, 11) is 0. The van der Waals surface area contributed by atoms with E-state index < -0.39 is 12.0 Å². The van der Waals surface area contributed by atoms with Crippen molar-refractivity contribution in [3.63, 3.8) is 0 Å². The molecule has 0 spiro atoms. The molecule has 1 N–H and O–H groups in total. The highest BCUT2D eigenvalue weighted by Crippen LogP contribution is 2.35. The number of rotatable bonds is 4. The third-order valence-electron chi connectivity index (χ3n) is 3.18. The fraction of sp³-hybridized carbons (Fsp3) is 0.833. The van der Waals surface area contributed by atoms with Gasteiger partial charge in [0.2, 0.25) is 5.91 Å². The first kappa shape index (κ1) is 14.4. The van der Waals surface area contributed by atoms with Crippen LogP contribution in [0.3, 0.4) is 0 Å². The van der Waals surface area contributed by atoms with Crippen molar-refractivity contribution in [3.8, 4) is 0 Å². The number of aliphatic carboxylic acids is 1. The lowest BCUT2D eigenvalue weighted by molar-refractivity contribution is -0.151. The molecule has 0 bridgehead atoms. The third-order valence-corrected chi connectivity index (χ3v) is 4.80. The first-order valence-corrected chi connectivity index (χ1v) is 7.11. The average molecular weight is 259 g/mol. The molecular formula is C12H21NO3S. The van der Waals surface area contributed by atoms with Gasteiger partial charge < -0.3 is 10.0 Å². The SMILES string of the molecule is CCC(C)C(=O)N1C(C(=O)O)CSC1C(C)C. The zero-order chi connectivity index (χ0) is 13.2. The summed E-state index contributed by atoms with van der Waals surface area (Å²) < 4.78 is 0. The van der Waals surface area contributed by atoms with Gasteiger partial charge in [-0.25, -0.2) is 4.79 Å². The van der Waals surface area contributed by atoms with Crippen LogP contribution in [0.5, 0.6) is 0 Å². The van der Waals surface area contributed by atoms with Crippen molar-refractivity contribution in [2.24, 2.45) is 11.8 Å².